The third-order valence-corrected chi connectivity index (χ3v) is 3.24. The molecule has 0 amide bonds. The molecule has 0 heterocycles. The molecular weight excluding hydrogens is 220 g/mol. The summed E-state index contributed by atoms with van der Waals surface area (Å²) in [7, 11) is 1.72. The van der Waals surface area contributed by atoms with E-state index in [9.17, 15) is 0 Å². The van der Waals surface area contributed by atoms with Crippen molar-refractivity contribution in [1.82, 2.24) is 0 Å². The molecule has 0 saturated heterocycles. The summed E-state index contributed by atoms with van der Waals surface area (Å²) in [5, 5.41) is 0. The molecule has 0 aliphatic carbocycles. The van der Waals surface area contributed by atoms with E-state index in [0.29, 0.717) is 0 Å². The summed E-state index contributed by atoms with van der Waals surface area (Å²) < 4.78 is 5.54. The molecule has 0 spiro atoms. The van der Waals surface area contributed by atoms with Gasteiger partial charge in [0.05, 0.1) is 7.11 Å². The molecule has 0 atom stereocenters. The second kappa shape index (κ2) is 5.46. The predicted molar refractivity (Wildman–Crippen MR) is 79.3 cm³/mol. The minimum atomic E-state index is 0.131. The van der Waals surface area contributed by atoms with Crippen LogP contribution in [0, 0.1) is 6.92 Å². The fourth-order valence-corrected chi connectivity index (χ4v) is 2.11. The Labute approximate surface area is 111 Å². The van der Waals surface area contributed by atoms with Crippen LogP contribution in [0.3, 0.4) is 0 Å². The first-order valence-electron chi connectivity index (χ1n) is 6.43. The lowest BCUT2D eigenvalue weighted by molar-refractivity contribution is 0.409. The highest BCUT2D eigenvalue weighted by molar-refractivity contribution is 5.72. The molecule has 1 nitrogen and oxygen atoms in total. The van der Waals surface area contributed by atoms with Gasteiger partial charge in [-0.25, -0.2) is 0 Å². The van der Waals surface area contributed by atoms with Gasteiger partial charge in [0.25, 0.3) is 0 Å². The summed E-state index contributed by atoms with van der Waals surface area (Å²) in [6.07, 6.45) is 0.910. The zero-order chi connectivity index (χ0) is 13.9. The minimum Gasteiger partial charge on any atom is -0.496 e. The average molecular weight is 244 g/mol. The minimum absolute atomic E-state index is 0.131. The van der Waals surface area contributed by atoms with Gasteiger partial charge in [-0.05, 0) is 36.0 Å². The van der Waals surface area contributed by atoms with Gasteiger partial charge < -0.3 is 4.74 Å². The van der Waals surface area contributed by atoms with Gasteiger partial charge in [0.2, 0.25) is 0 Å². The molecule has 98 valence electrons. The van der Waals surface area contributed by atoms with Crippen LogP contribution in [0.4, 0.5) is 0 Å². The Bertz CT molecular complexity index is 483. The lowest BCUT2D eigenvalue weighted by Gasteiger charge is -2.23. The van der Waals surface area contributed by atoms with Crippen LogP contribution in [0.1, 0.15) is 50.8 Å². The largest absolute Gasteiger partial charge is 0.496 e. The summed E-state index contributed by atoms with van der Waals surface area (Å²) in [5.74, 6) is 0.941. The van der Waals surface area contributed by atoms with E-state index in [1.54, 1.807) is 7.11 Å². The number of hydrogen-bond acceptors (Lipinski definition) is 1. The van der Waals surface area contributed by atoms with E-state index in [1.165, 1.54) is 11.1 Å². The number of ether oxygens (including phenoxy) is 1. The van der Waals surface area contributed by atoms with Crippen LogP contribution in [-0.2, 0) is 5.41 Å². The maximum atomic E-state index is 5.54. The van der Waals surface area contributed by atoms with Crippen molar-refractivity contribution in [3.8, 4) is 5.75 Å². The highest BCUT2D eigenvalue weighted by Crippen LogP contribution is 2.35. The molecular formula is C17H24O. The quantitative estimate of drug-likeness (QED) is 0.689. The van der Waals surface area contributed by atoms with Crippen molar-refractivity contribution in [1.29, 1.82) is 0 Å². The van der Waals surface area contributed by atoms with Crippen molar-refractivity contribution in [3.63, 3.8) is 0 Å². The average Bonchev–Trinajstić information content (AvgIpc) is 2.29. The van der Waals surface area contributed by atoms with E-state index in [2.05, 4.69) is 59.1 Å². The van der Waals surface area contributed by atoms with Gasteiger partial charge >= 0.3 is 0 Å². The van der Waals surface area contributed by atoms with Crippen molar-refractivity contribution >= 4 is 5.57 Å². The normalized spacial score (nSPS) is 11.0. The number of rotatable bonds is 3. The fraction of sp³-hybridized carbons (Fsp3) is 0.471. The van der Waals surface area contributed by atoms with E-state index in [0.717, 1.165) is 23.3 Å². The zero-order valence-electron chi connectivity index (χ0n) is 12.5. The SMILES string of the molecule is C=C=C(CC)c1cc(C(C)(C)C)cc(C)c1OC. The zero-order valence-corrected chi connectivity index (χ0v) is 12.5. The molecule has 0 aromatic heterocycles. The van der Waals surface area contributed by atoms with Crippen molar-refractivity contribution in [2.24, 2.45) is 0 Å². The van der Waals surface area contributed by atoms with Crippen LogP contribution in [0.5, 0.6) is 5.75 Å². The van der Waals surface area contributed by atoms with Crippen LogP contribution in [0.15, 0.2) is 24.4 Å². The molecule has 1 aromatic rings. The lowest BCUT2D eigenvalue weighted by atomic mass is 9.83. The molecule has 0 bridgehead atoms. The molecule has 0 saturated carbocycles. The number of aryl methyl sites for hydroxylation is 1. The summed E-state index contributed by atoms with van der Waals surface area (Å²) >= 11 is 0. The third-order valence-electron chi connectivity index (χ3n) is 3.24. The van der Waals surface area contributed by atoms with Crippen LogP contribution in [0.25, 0.3) is 5.57 Å². The number of methoxy groups -OCH3 is 1. The second-order valence-electron chi connectivity index (χ2n) is 5.63. The van der Waals surface area contributed by atoms with E-state index >= 15 is 0 Å². The second-order valence-corrected chi connectivity index (χ2v) is 5.63. The molecule has 1 aromatic carbocycles. The van der Waals surface area contributed by atoms with E-state index < -0.39 is 0 Å². The van der Waals surface area contributed by atoms with Crippen LogP contribution in [-0.4, -0.2) is 7.11 Å². The molecule has 1 heteroatoms. The first-order chi connectivity index (χ1) is 8.35. The smallest absolute Gasteiger partial charge is 0.129 e. The van der Waals surface area contributed by atoms with E-state index in [4.69, 9.17) is 4.74 Å². The summed E-state index contributed by atoms with van der Waals surface area (Å²) in [5.41, 5.74) is 7.89. The molecule has 0 unspecified atom stereocenters. The number of benzene rings is 1. The Morgan fingerprint density at radius 3 is 2.33 bits per heavy atom. The molecule has 1 rings (SSSR count). The molecule has 0 N–H and O–H groups in total. The maximum Gasteiger partial charge on any atom is 0.129 e. The topological polar surface area (TPSA) is 9.23 Å². The summed E-state index contributed by atoms with van der Waals surface area (Å²) in [6, 6.07) is 4.42. The highest BCUT2D eigenvalue weighted by Gasteiger charge is 2.19. The highest BCUT2D eigenvalue weighted by atomic mass is 16.5. The van der Waals surface area contributed by atoms with Gasteiger partial charge in [0.1, 0.15) is 5.75 Å². The molecule has 18 heavy (non-hydrogen) atoms. The van der Waals surface area contributed by atoms with Gasteiger partial charge in [0, 0.05) is 11.1 Å². The molecule has 0 radical (unpaired) electrons. The van der Waals surface area contributed by atoms with Crippen LogP contribution >= 0.6 is 0 Å². The Kier molecular flexibility index (Phi) is 4.43. The molecule has 0 fully saturated rings. The van der Waals surface area contributed by atoms with Crippen LogP contribution < -0.4 is 4.74 Å². The van der Waals surface area contributed by atoms with Crippen LogP contribution in [0.2, 0.25) is 0 Å². The fourth-order valence-electron chi connectivity index (χ4n) is 2.11. The van der Waals surface area contributed by atoms with E-state index in [-0.39, 0.29) is 5.41 Å². The monoisotopic (exact) mass is 244 g/mol. The Morgan fingerprint density at radius 1 is 1.33 bits per heavy atom. The predicted octanol–water partition coefficient (Wildman–Crippen LogP) is 4.88. The standard InChI is InChI=1S/C17H24O/c1-8-13(9-2)15-11-14(17(4,5)6)10-12(3)16(15)18-7/h10-11H,1,9H2,2-7H3. The van der Waals surface area contributed by atoms with Crippen molar-refractivity contribution in [2.45, 2.75) is 46.5 Å². The van der Waals surface area contributed by atoms with Gasteiger partial charge in [-0.2, -0.15) is 0 Å². The summed E-state index contributed by atoms with van der Waals surface area (Å²) in [6.45, 7) is 14.7. The Morgan fingerprint density at radius 2 is 1.94 bits per heavy atom. The van der Waals surface area contributed by atoms with Gasteiger partial charge in [-0.3, -0.25) is 0 Å². The first kappa shape index (κ1) is 14.6. The van der Waals surface area contributed by atoms with Gasteiger partial charge in [-0.1, -0.05) is 40.3 Å². The van der Waals surface area contributed by atoms with Gasteiger partial charge in [0.15, 0.2) is 0 Å². The third kappa shape index (κ3) is 2.86. The van der Waals surface area contributed by atoms with Crippen molar-refractivity contribution in [3.05, 3.63) is 41.1 Å². The Hall–Kier alpha value is -1.46. The summed E-state index contributed by atoms with van der Waals surface area (Å²) in [4.78, 5) is 0. The lowest BCUT2D eigenvalue weighted by Crippen LogP contribution is -2.12. The van der Waals surface area contributed by atoms with Gasteiger partial charge in [-0.15, -0.1) is 5.73 Å². The van der Waals surface area contributed by atoms with E-state index in [1.807, 2.05) is 0 Å². The first-order valence-corrected chi connectivity index (χ1v) is 6.43. The molecule has 0 aliphatic heterocycles. The molecule has 0 aliphatic rings. The number of allylic oxidation sites excluding steroid dienone is 1. The van der Waals surface area contributed by atoms with Crippen molar-refractivity contribution in [2.75, 3.05) is 7.11 Å². The Balaban J connectivity index is 3.56. The maximum absolute atomic E-state index is 5.54. The van der Waals surface area contributed by atoms with Crippen molar-refractivity contribution < 1.29 is 4.74 Å². The number of hydrogen-bond donors (Lipinski definition) is 0.